The van der Waals surface area contributed by atoms with Gasteiger partial charge < -0.3 is 24.4 Å². The first kappa shape index (κ1) is 21.2. The number of aliphatic hydroxyl groups is 2. The minimum Gasteiger partial charge on any atom is -0.461 e. The summed E-state index contributed by atoms with van der Waals surface area (Å²) < 4.78 is 14.8. The maximum atomic E-state index is 11.5. The number of ketones is 2. The van der Waals surface area contributed by atoms with Gasteiger partial charge in [0, 0.05) is 0 Å². The lowest BCUT2D eigenvalue weighted by atomic mass is 10.3. The summed E-state index contributed by atoms with van der Waals surface area (Å²) in [7, 11) is 0. The lowest BCUT2D eigenvalue weighted by Crippen LogP contribution is -2.32. The molecular formula is C14H22O9. The maximum absolute atomic E-state index is 11.5. The van der Waals surface area contributed by atoms with Crippen LogP contribution in [-0.2, 0) is 33.4 Å². The highest BCUT2D eigenvalue weighted by Gasteiger charge is 2.19. The van der Waals surface area contributed by atoms with Gasteiger partial charge >= 0.3 is 11.9 Å². The smallest absolute Gasteiger partial charge is 0.313 e. The fourth-order valence-electron chi connectivity index (χ4n) is 1.38. The van der Waals surface area contributed by atoms with Crippen molar-refractivity contribution >= 4 is 23.5 Å². The summed E-state index contributed by atoms with van der Waals surface area (Å²) in [4.78, 5) is 44.4. The molecule has 0 aliphatic rings. The van der Waals surface area contributed by atoms with E-state index >= 15 is 0 Å². The number of rotatable bonds is 12. The molecule has 0 aliphatic heterocycles. The van der Waals surface area contributed by atoms with Crippen LogP contribution >= 0.6 is 0 Å². The van der Waals surface area contributed by atoms with Crippen LogP contribution in [0.4, 0.5) is 0 Å². The second-order valence-electron chi connectivity index (χ2n) is 4.93. The van der Waals surface area contributed by atoms with E-state index in [2.05, 4.69) is 0 Å². The molecule has 0 aromatic carbocycles. The van der Waals surface area contributed by atoms with Crippen molar-refractivity contribution < 1.29 is 43.6 Å². The third-order valence-electron chi connectivity index (χ3n) is 2.34. The molecule has 132 valence electrons. The summed E-state index contributed by atoms with van der Waals surface area (Å²) in [6.45, 7) is 1.17. The Morgan fingerprint density at radius 2 is 1.48 bits per heavy atom. The van der Waals surface area contributed by atoms with Gasteiger partial charge in [0.2, 0.25) is 0 Å². The molecule has 2 N–H and O–H groups in total. The predicted octanol–water partition coefficient (Wildman–Crippen LogP) is -1.23. The molecule has 0 fully saturated rings. The summed E-state index contributed by atoms with van der Waals surface area (Å²) >= 11 is 0. The molecule has 23 heavy (non-hydrogen) atoms. The topological polar surface area (TPSA) is 136 Å². The van der Waals surface area contributed by atoms with E-state index in [1.807, 2.05) is 0 Å². The van der Waals surface area contributed by atoms with Crippen molar-refractivity contribution in [3.63, 3.8) is 0 Å². The van der Waals surface area contributed by atoms with E-state index in [4.69, 9.17) is 24.4 Å². The lowest BCUT2D eigenvalue weighted by Gasteiger charge is -2.18. The van der Waals surface area contributed by atoms with E-state index in [0.717, 1.165) is 0 Å². The third-order valence-corrected chi connectivity index (χ3v) is 2.34. The van der Waals surface area contributed by atoms with Gasteiger partial charge in [-0.25, -0.2) is 0 Å². The van der Waals surface area contributed by atoms with Crippen LogP contribution in [0.25, 0.3) is 0 Å². The van der Waals surface area contributed by atoms with Crippen LogP contribution in [0.1, 0.15) is 26.7 Å². The average Bonchev–Trinajstić information content (AvgIpc) is 2.42. The Morgan fingerprint density at radius 3 is 2.00 bits per heavy atom. The molecule has 0 amide bonds. The number of hydrogen-bond donors (Lipinski definition) is 2. The van der Waals surface area contributed by atoms with E-state index in [1.165, 1.54) is 13.8 Å². The second kappa shape index (κ2) is 11.7. The maximum Gasteiger partial charge on any atom is 0.313 e. The van der Waals surface area contributed by atoms with Crippen LogP contribution in [0.3, 0.4) is 0 Å². The number of esters is 2. The van der Waals surface area contributed by atoms with Gasteiger partial charge in [-0.2, -0.15) is 0 Å². The Labute approximate surface area is 133 Å². The standard InChI is InChI=1S/C14H22O9/c1-9(16)3-13(19)22-8-12(7-21-6-11(18)5-15)23-14(20)4-10(2)17/h11-12,15,18H,3-8H2,1-2H3. The summed E-state index contributed by atoms with van der Waals surface area (Å²) in [6.07, 6.45) is -2.93. The van der Waals surface area contributed by atoms with E-state index in [0.29, 0.717) is 0 Å². The zero-order chi connectivity index (χ0) is 17.8. The van der Waals surface area contributed by atoms with Gasteiger partial charge in [0.25, 0.3) is 0 Å². The van der Waals surface area contributed by atoms with E-state index in [1.54, 1.807) is 0 Å². The number of Topliss-reactive ketones (excluding diaryl/α,β-unsaturated/α-hetero) is 2. The lowest BCUT2D eigenvalue weighted by molar-refractivity contribution is -0.164. The van der Waals surface area contributed by atoms with Gasteiger partial charge in [0.15, 0.2) is 6.10 Å². The van der Waals surface area contributed by atoms with Gasteiger partial charge in [-0.05, 0) is 13.8 Å². The van der Waals surface area contributed by atoms with Crippen LogP contribution in [0, 0.1) is 0 Å². The first-order valence-corrected chi connectivity index (χ1v) is 6.95. The number of hydrogen-bond acceptors (Lipinski definition) is 9. The van der Waals surface area contributed by atoms with Crippen molar-refractivity contribution in [3.05, 3.63) is 0 Å². The molecule has 0 saturated carbocycles. The monoisotopic (exact) mass is 334 g/mol. The molecule has 9 nitrogen and oxygen atoms in total. The minimum absolute atomic E-state index is 0.210. The molecule has 0 aromatic rings. The molecule has 0 bridgehead atoms. The van der Waals surface area contributed by atoms with Crippen molar-refractivity contribution in [2.24, 2.45) is 0 Å². The Kier molecular flexibility index (Phi) is 10.8. The zero-order valence-corrected chi connectivity index (χ0v) is 13.1. The van der Waals surface area contributed by atoms with Crippen molar-refractivity contribution in [1.29, 1.82) is 0 Å². The van der Waals surface area contributed by atoms with E-state index < -0.39 is 43.6 Å². The summed E-state index contributed by atoms with van der Waals surface area (Å²) in [5.41, 5.74) is 0. The molecule has 0 spiro atoms. The number of aliphatic hydroxyl groups excluding tert-OH is 2. The highest BCUT2D eigenvalue weighted by Crippen LogP contribution is 2.01. The number of carbonyl (C=O) groups excluding carboxylic acids is 4. The Bertz CT molecular complexity index is 418. The van der Waals surface area contributed by atoms with Crippen LogP contribution in [0.15, 0.2) is 0 Å². The van der Waals surface area contributed by atoms with Crippen LogP contribution in [0.2, 0.25) is 0 Å². The van der Waals surface area contributed by atoms with Gasteiger partial charge in [-0.1, -0.05) is 0 Å². The molecule has 0 heterocycles. The molecule has 2 atom stereocenters. The van der Waals surface area contributed by atoms with Gasteiger partial charge in [0.1, 0.15) is 37.1 Å². The molecule has 0 radical (unpaired) electrons. The van der Waals surface area contributed by atoms with Crippen molar-refractivity contribution in [2.75, 3.05) is 26.4 Å². The third kappa shape index (κ3) is 12.4. The Balaban J connectivity index is 4.41. The van der Waals surface area contributed by atoms with Crippen LogP contribution < -0.4 is 0 Å². The molecule has 0 saturated heterocycles. The molecular weight excluding hydrogens is 312 g/mol. The second-order valence-corrected chi connectivity index (χ2v) is 4.93. The SMILES string of the molecule is CC(=O)CC(=O)OCC(COCC(O)CO)OC(=O)CC(C)=O. The largest absolute Gasteiger partial charge is 0.461 e. The fourth-order valence-corrected chi connectivity index (χ4v) is 1.38. The van der Waals surface area contributed by atoms with Gasteiger partial charge in [-0.3, -0.25) is 19.2 Å². The Hall–Kier alpha value is -1.84. The first-order valence-electron chi connectivity index (χ1n) is 6.95. The normalized spacial score (nSPS) is 13.0. The highest BCUT2D eigenvalue weighted by atomic mass is 16.6. The summed E-state index contributed by atoms with van der Waals surface area (Å²) in [5.74, 6) is -2.35. The predicted molar refractivity (Wildman–Crippen MR) is 75.3 cm³/mol. The van der Waals surface area contributed by atoms with Gasteiger partial charge in [-0.15, -0.1) is 0 Å². The van der Waals surface area contributed by atoms with Crippen molar-refractivity contribution in [3.8, 4) is 0 Å². The van der Waals surface area contributed by atoms with E-state index in [-0.39, 0.29) is 31.4 Å². The van der Waals surface area contributed by atoms with Gasteiger partial charge in [0.05, 0.1) is 19.8 Å². The number of ether oxygens (including phenoxy) is 3. The molecule has 0 aliphatic carbocycles. The summed E-state index contributed by atoms with van der Waals surface area (Å²) in [6, 6.07) is 0. The highest BCUT2D eigenvalue weighted by molar-refractivity contribution is 5.94. The van der Waals surface area contributed by atoms with Crippen molar-refractivity contribution in [1.82, 2.24) is 0 Å². The molecule has 2 unspecified atom stereocenters. The molecule has 9 heteroatoms. The molecule has 0 aromatic heterocycles. The number of carbonyl (C=O) groups is 4. The first-order chi connectivity index (χ1) is 10.7. The van der Waals surface area contributed by atoms with Crippen LogP contribution in [0.5, 0.6) is 0 Å². The minimum atomic E-state index is -1.09. The van der Waals surface area contributed by atoms with E-state index in [9.17, 15) is 19.2 Å². The van der Waals surface area contributed by atoms with Crippen molar-refractivity contribution in [2.45, 2.75) is 38.9 Å². The summed E-state index contributed by atoms with van der Waals surface area (Å²) in [5, 5.41) is 17.8. The zero-order valence-electron chi connectivity index (χ0n) is 13.1. The quantitative estimate of drug-likeness (QED) is 0.332. The average molecular weight is 334 g/mol. The Morgan fingerprint density at radius 1 is 0.913 bits per heavy atom. The molecule has 0 rings (SSSR count). The van der Waals surface area contributed by atoms with Crippen LogP contribution in [-0.4, -0.2) is 72.4 Å². The fraction of sp³-hybridized carbons (Fsp3) is 0.714.